The van der Waals surface area contributed by atoms with Gasteiger partial charge in [-0.05, 0) is 44.7 Å². The van der Waals surface area contributed by atoms with Crippen molar-refractivity contribution in [2.24, 2.45) is 0 Å². The minimum Gasteiger partial charge on any atom is -0.472 e. The highest BCUT2D eigenvalue weighted by Crippen LogP contribution is 2.40. The van der Waals surface area contributed by atoms with Crippen molar-refractivity contribution in [1.82, 2.24) is 19.3 Å². The minimum absolute atomic E-state index is 0.0218. The molecule has 4 rings (SSSR count). The van der Waals surface area contributed by atoms with Crippen LogP contribution in [0.1, 0.15) is 52.1 Å². The van der Waals surface area contributed by atoms with Gasteiger partial charge in [-0.25, -0.2) is 27.6 Å². The Labute approximate surface area is 194 Å². The number of anilines is 3. The first kappa shape index (κ1) is 23.4. The number of nitrogens with one attached hydrogen (secondary N) is 1. The number of piperidine rings is 1. The van der Waals surface area contributed by atoms with Crippen molar-refractivity contribution in [3.8, 4) is 5.75 Å². The maximum atomic E-state index is 13.3. The molecule has 2 aromatic rings. The summed E-state index contributed by atoms with van der Waals surface area (Å²) >= 11 is 0. The van der Waals surface area contributed by atoms with Crippen LogP contribution < -0.4 is 15.0 Å². The van der Waals surface area contributed by atoms with E-state index < -0.39 is 15.6 Å². The molecule has 2 aromatic heterocycles. The summed E-state index contributed by atoms with van der Waals surface area (Å²) in [4.78, 5) is 28.5. The molecule has 1 amide bonds. The van der Waals surface area contributed by atoms with E-state index in [9.17, 15) is 13.2 Å². The second-order valence-corrected chi connectivity index (χ2v) is 11.3. The van der Waals surface area contributed by atoms with Gasteiger partial charge in [-0.2, -0.15) is 4.98 Å². The Kier molecular flexibility index (Phi) is 6.04. The summed E-state index contributed by atoms with van der Waals surface area (Å²) in [6.07, 6.45) is 4.06. The average molecular weight is 475 g/mol. The van der Waals surface area contributed by atoms with Crippen LogP contribution >= 0.6 is 0 Å². The van der Waals surface area contributed by atoms with E-state index in [2.05, 4.69) is 15.3 Å². The van der Waals surface area contributed by atoms with E-state index in [1.54, 1.807) is 26.1 Å². The molecule has 1 N–H and O–H groups in total. The van der Waals surface area contributed by atoms with E-state index in [0.29, 0.717) is 49.3 Å². The fraction of sp³-hybridized carbons (Fsp3) is 0.545. The van der Waals surface area contributed by atoms with Crippen molar-refractivity contribution in [2.45, 2.75) is 58.1 Å². The van der Waals surface area contributed by atoms with Crippen molar-refractivity contribution in [3.63, 3.8) is 0 Å². The number of carbonyl (C=O) groups is 1. The maximum Gasteiger partial charge on any atom is 0.277 e. The number of carbonyl (C=O) groups excluding carboxylic acids is 1. The summed E-state index contributed by atoms with van der Waals surface area (Å²) in [5.41, 5.74) is -0.226. The Bertz CT molecular complexity index is 1160. The van der Waals surface area contributed by atoms with Crippen LogP contribution in [0.3, 0.4) is 0 Å². The summed E-state index contributed by atoms with van der Waals surface area (Å²) < 4.78 is 30.9. The van der Waals surface area contributed by atoms with Gasteiger partial charge in [-0.3, -0.25) is 4.79 Å². The molecule has 0 unspecified atom stereocenters. The van der Waals surface area contributed by atoms with E-state index >= 15 is 0 Å². The largest absolute Gasteiger partial charge is 0.472 e. The lowest BCUT2D eigenvalue weighted by Gasteiger charge is -2.37. The molecule has 1 fully saturated rings. The van der Waals surface area contributed by atoms with Gasteiger partial charge in [-0.1, -0.05) is 19.9 Å². The lowest BCUT2D eigenvalue weighted by molar-refractivity contribution is -0.131. The van der Waals surface area contributed by atoms with Crippen LogP contribution in [0, 0.1) is 0 Å². The van der Waals surface area contributed by atoms with Gasteiger partial charge in [-0.15, -0.1) is 0 Å². The summed E-state index contributed by atoms with van der Waals surface area (Å²) in [6, 6.07) is 5.61. The van der Waals surface area contributed by atoms with Gasteiger partial charge in [0.05, 0.1) is 12.5 Å². The molecule has 0 radical (unpaired) electrons. The number of nitrogens with zero attached hydrogens (tertiary/aromatic N) is 5. The molecule has 0 saturated carbocycles. The summed E-state index contributed by atoms with van der Waals surface area (Å²) in [5, 5.41) is 3.28. The van der Waals surface area contributed by atoms with Crippen molar-refractivity contribution in [3.05, 3.63) is 30.1 Å². The fourth-order valence-corrected chi connectivity index (χ4v) is 4.83. The summed E-state index contributed by atoms with van der Waals surface area (Å²) in [5.74, 6) is 1.50. The topological polar surface area (TPSA) is 118 Å². The number of ether oxygens (including phenoxy) is 1. The smallest absolute Gasteiger partial charge is 0.277 e. The van der Waals surface area contributed by atoms with Crippen molar-refractivity contribution < 1.29 is 17.9 Å². The highest BCUT2D eigenvalue weighted by atomic mass is 32.2. The molecule has 178 valence electrons. The van der Waals surface area contributed by atoms with E-state index in [0.717, 1.165) is 5.69 Å². The van der Waals surface area contributed by atoms with Gasteiger partial charge in [0.15, 0.2) is 17.2 Å². The Morgan fingerprint density at radius 2 is 1.88 bits per heavy atom. The Morgan fingerprint density at radius 3 is 2.52 bits per heavy atom. The molecule has 11 heteroatoms. The lowest BCUT2D eigenvalue weighted by Crippen LogP contribution is -2.51. The lowest BCUT2D eigenvalue weighted by atomic mass is 10.1. The van der Waals surface area contributed by atoms with E-state index in [-0.39, 0.29) is 17.9 Å². The zero-order valence-electron chi connectivity index (χ0n) is 19.6. The number of sulfonamides is 1. The second-order valence-electron chi connectivity index (χ2n) is 9.29. The highest BCUT2D eigenvalue weighted by Gasteiger charge is 2.43. The van der Waals surface area contributed by atoms with Gasteiger partial charge in [0.1, 0.15) is 5.82 Å². The number of pyridine rings is 1. The van der Waals surface area contributed by atoms with Gasteiger partial charge in [0, 0.05) is 24.8 Å². The van der Waals surface area contributed by atoms with Crippen LogP contribution in [0.5, 0.6) is 5.75 Å². The molecular weight excluding hydrogens is 444 g/mol. The first-order chi connectivity index (χ1) is 15.5. The second kappa shape index (κ2) is 8.53. The molecule has 2 aliphatic rings. The highest BCUT2D eigenvalue weighted by molar-refractivity contribution is 7.88. The van der Waals surface area contributed by atoms with Gasteiger partial charge < -0.3 is 10.1 Å². The summed E-state index contributed by atoms with van der Waals surface area (Å²) in [7, 11) is -3.19. The molecular formula is C22H30N6O4S. The van der Waals surface area contributed by atoms with Crippen molar-refractivity contribution >= 4 is 33.5 Å². The van der Waals surface area contributed by atoms with Gasteiger partial charge in [0.2, 0.25) is 16.0 Å². The molecule has 0 spiro atoms. The Morgan fingerprint density at radius 1 is 1.18 bits per heavy atom. The van der Waals surface area contributed by atoms with Crippen LogP contribution in [0.4, 0.5) is 17.6 Å². The van der Waals surface area contributed by atoms with Crippen LogP contribution in [-0.2, 0) is 14.8 Å². The molecule has 4 heterocycles. The molecule has 0 bridgehead atoms. The predicted molar refractivity (Wildman–Crippen MR) is 125 cm³/mol. The Balaban J connectivity index is 1.63. The molecule has 2 aliphatic heterocycles. The number of hydrogen-bond donors (Lipinski definition) is 1. The normalized spacial score (nSPS) is 19.3. The van der Waals surface area contributed by atoms with Crippen molar-refractivity contribution in [2.75, 3.05) is 29.6 Å². The number of fused-ring (bicyclic) bond motifs is 1. The Hall–Kier alpha value is -2.79. The third kappa shape index (κ3) is 4.79. The number of amides is 1. The number of rotatable bonds is 5. The van der Waals surface area contributed by atoms with Crippen LogP contribution in [-0.4, -0.2) is 64.6 Å². The average Bonchev–Trinajstić information content (AvgIpc) is 2.75. The fourth-order valence-electron chi connectivity index (χ4n) is 3.96. The monoisotopic (exact) mass is 474 g/mol. The van der Waals surface area contributed by atoms with Gasteiger partial charge in [0.25, 0.3) is 5.91 Å². The van der Waals surface area contributed by atoms with Crippen LogP contribution in [0.2, 0.25) is 0 Å². The zero-order valence-corrected chi connectivity index (χ0v) is 20.4. The SMILES string of the molecule is CC(C)c1cccc(N2C(=O)C(C)(C)Oc3cnc(NC4CCN(S(C)(=O)=O)CC4)nc32)n1. The molecule has 0 atom stereocenters. The third-order valence-electron chi connectivity index (χ3n) is 5.86. The number of aromatic nitrogens is 3. The standard InChI is InChI=1S/C22H30N6O4S/c1-14(2)16-7-6-8-18(25-16)28-19-17(32-22(3,4)20(28)29)13-23-21(26-19)24-15-9-11-27(12-10-15)33(5,30)31/h6-8,13-15H,9-12H2,1-5H3,(H,23,24,26). The quantitative estimate of drug-likeness (QED) is 0.703. The van der Waals surface area contributed by atoms with E-state index in [1.165, 1.54) is 15.5 Å². The summed E-state index contributed by atoms with van der Waals surface area (Å²) in [6.45, 7) is 8.39. The minimum atomic E-state index is -3.19. The first-order valence-electron chi connectivity index (χ1n) is 11.0. The van der Waals surface area contributed by atoms with E-state index in [1.807, 2.05) is 26.0 Å². The van der Waals surface area contributed by atoms with Crippen LogP contribution in [0.25, 0.3) is 0 Å². The van der Waals surface area contributed by atoms with Gasteiger partial charge >= 0.3 is 0 Å². The maximum absolute atomic E-state index is 13.3. The van der Waals surface area contributed by atoms with E-state index in [4.69, 9.17) is 9.72 Å². The molecule has 0 aromatic carbocycles. The zero-order chi connectivity index (χ0) is 24.0. The van der Waals surface area contributed by atoms with Crippen molar-refractivity contribution in [1.29, 1.82) is 0 Å². The first-order valence-corrected chi connectivity index (χ1v) is 12.9. The van der Waals surface area contributed by atoms with Crippen LogP contribution in [0.15, 0.2) is 24.4 Å². The molecule has 1 saturated heterocycles. The molecule has 0 aliphatic carbocycles. The number of hydrogen-bond acceptors (Lipinski definition) is 8. The predicted octanol–water partition coefficient (Wildman–Crippen LogP) is 2.67. The molecule has 33 heavy (non-hydrogen) atoms. The third-order valence-corrected chi connectivity index (χ3v) is 7.17. The molecule has 10 nitrogen and oxygen atoms in total.